The van der Waals surface area contributed by atoms with Crippen molar-refractivity contribution in [1.82, 2.24) is 19.7 Å². The van der Waals surface area contributed by atoms with E-state index in [-0.39, 0.29) is 34.5 Å². The van der Waals surface area contributed by atoms with E-state index in [2.05, 4.69) is 33.9 Å². The van der Waals surface area contributed by atoms with Crippen LogP contribution >= 0.6 is 0 Å². The molecule has 3 fully saturated rings. The number of halogens is 2. The number of pyridine rings is 1. The van der Waals surface area contributed by atoms with E-state index < -0.39 is 17.7 Å². The van der Waals surface area contributed by atoms with Crippen molar-refractivity contribution in [2.75, 3.05) is 4.90 Å². The third-order valence-electron chi connectivity index (χ3n) is 8.95. The second kappa shape index (κ2) is 8.85. The minimum Gasteiger partial charge on any atom is -0.507 e. The van der Waals surface area contributed by atoms with Gasteiger partial charge >= 0.3 is 0 Å². The van der Waals surface area contributed by atoms with Gasteiger partial charge in [0.1, 0.15) is 11.9 Å². The molecule has 1 N–H and O–H groups in total. The summed E-state index contributed by atoms with van der Waals surface area (Å²) in [5, 5.41) is 19.5. The van der Waals surface area contributed by atoms with Crippen molar-refractivity contribution in [3.63, 3.8) is 0 Å². The Morgan fingerprint density at radius 1 is 1.11 bits per heavy atom. The molecule has 3 aliphatic carbocycles. The summed E-state index contributed by atoms with van der Waals surface area (Å²) >= 11 is 0. The van der Waals surface area contributed by atoms with E-state index >= 15 is 4.39 Å². The van der Waals surface area contributed by atoms with Crippen molar-refractivity contribution in [3.8, 4) is 28.3 Å². The van der Waals surface area contributed by atoms with Gasteiger partial charge in [0.05, 0.1) is 17.8 Å². The summed E-state index contributed by atoms with van der Waals surface area (Å²) in [6.45, 7) is 4.41. The van der Waals surface area contributed by atoms with Crippen LogP contribution in [0.3, 0.4) is 0 Å². The first-order valence-corrected chi connectivity index (χ1v) is 13.4. The number of fused-ring (bicyclic) bond motifs is 2. The molecular weight excluding hydrogens is 488 g/mol. The van der Waals surface area contributed by atoms with Crippen LogP contribution in [0, 0.1) is 16.8 Å². The lowest BCUT2D eigenvalue weighted by Crippen LogP contribution is -2.58. The van der Waals surface area contributed by atoms with Crippen molar-refractivity contribution < 1.29 is 13.9 Å². The molecule has 3 aliphatic rings. The van der Waals surface area contributed by atoms with Crippen molar-refractivity contribution >= 4 is 5.82 Å². The normalized spacial score (nSPS) is 28.8. The van der Waals surface area contributed by atoms with Crippen LogP contribution in [0.15, 0.2) is 41.3 Å². The fourth-order valence-electron chi connectivity index (χ4n) is 6.95. The van der Waals surface area contributed by atoms with Gasteiger partial charge < -0.3 is 10.0 Å². The van der Waals surface area contributed by atoms with E-state index in [0.29, 0.717) is 22.5 Å². The lowest BCUT2D eigenvalue weighted by molar-refractivity contribution is -0.0554. The lowest BCUT2D eigenvalue weighted by atomic mass is 9.54. The minimum absolute atomic E-state index is 0.109. The van der Waals surface area contributed by atoms with Gasteiger partial charge in [0.25, 0.3) is 5.56 Å². The van der Waals surface area contributed by atoms with Crippen molar-refractivity contribution in [1.29, 1.82) is 0 Å². The summed E-state index contributed by atoms with van der Waals surface area (Å²) in [5.74, 6) is 0.0317. The highest BCUT2D eigenvalue weighted by Crippen LogP contribution is 2.58. The number of phenolic OH excluding ortho intramolecular Hbond substituents is 1. The second-order valence-electron chi connectivity index (χ2n) is 12.1. The van der Waals surface area contributed by atoms with Crippen molar-refractivity contribution in [2.45, 2.75) is 77.0 Å². The maximum Gasteiger partial charge on any atom is 0.253 e. The van der Waals surface area contributed by atoms with Crippen molar-refractivity contribution in [2.24, 2.45) is 17.9 Å². The smallest absolute Gasteiger partial charge is 0.253 e. The van der Waals surface area contributed by atoms with Crippen LogP contribution in [-0.2, 0) is 7.05 Å². The average molecular weight is 522 g/mol. The average Bonchev–Trinajstić information content (AvgIpc) is 3.71. The molecule has 2 heterocycles. The Bertz CT molecular complexity index is 1440. The van der Waals surface area contributed by atoms with Gasteiger partial charge in [-0.05, 0) is 73.3 Å². The maximum atomic E-state index is 16.1. The second-order valence-corrected chi connectivity index (χ2v) is 12.1. The van der Waals surface area contributed by atoms with E-state index in [1.165, 1.54) is 25.2 Å². The van der Waals surface area contributed by atoms with Crippen LogP contribution in [0.25, 0.3) is 22.5 Å². The van der Waals surface area contributed by atoms with E-state index in [0.717, 1.165) is 49.5 Å². The quantitative estimate of drug-likeness (QED) is 0.452. The van der Waals surface area contributed by atoms with Gasteiger partial charge in [0, 0.05) is 24.6 Å². The number of rotatable bonds is 5. The number of phenols is 1. The fourth-order valence-corrected chi connectivity index (χ4v) is 6.95. The van der Waals surface area contributed by atoms with Crippen LogP contribution in [-0.4, -0.2) is 43.1 Å². The first-order chi connectivity index (χ1) is 18.1. The number of aromatic hydroxyl groups is 1. The molecule has 6 rings (SSSR count). The number of hydrogen-bond acceptors (Lipinski definition) is 6. The largest absolute Gasteiger partial charge is 0.507 e. The zero-order chi connectivity index (χ0) is 26.8. The first-order valence-electron chi connectivity index (χ1n) is 13.4. The standard InChI is InChI=1S/C29H33F2N5O2/c1-28-9-4-10-29(2,16-28)26(31)21(14-28)36(19-6-7-19)24-15-32-27(34-33-24)20-8-5-17(11-22(20)37)18-12-23(30)35(3)25(38)13-18/h5,8,11-13,15,19,21,26,37H,4,6-7,9-10,14,16H2,1-3H3/t21-,26-,28-,29-/m0/s1. The van der Waals surface area contributed by atoms with Crippen LogP contribution in [0.1, 0.15) is 58.8 Å². The predicted octanol–water partition coefficient (Wildman–Crippen LogP) is 5.41. The van der Waals surface area contributed by atoms with Gasteiger partial charge in [-0.2, -0.15) is 4.39 Å². The van der Waals surface area contributed by atoms with Gasteiger partial charge in [-0.3, -0.25) is 9.36 Å². The van der Waals surface area contributed by atoms with Crippen LogP contribution < -0.4 is 10.5 Å². The zero-order valence-corrected chi connectivity index (χ0v) is 22.0. The summed E-state index contributed by atoms with van der Waals surface area (Å²) < 4.78 is 31.0. The molecule has 7 nitrogen and oxygen atoms in total. The molecule has 9 heteroatoms. The van der Waals surface area contributed by atoms with Gasteiger partial charge in [-0.25, -0.2) is 9.37 Å². The Labute approximate surface area is 220 Å². The molecule has 2 aromatic heterocycles. The van der Waals surface area contributed by atoms with Crippen LogP contribution in [0.4, 0.5) is 14.6 Å². The topological polar surface area (TPSA) is 84.1 Å². The molecular formula is C29H33F2N5O2. The first kappa shape index (κ1) is 24.9. The van der Waals surface area contributed by atoms with Crippen LogP contribution in [0.5, 0.6) is 5.75 Å². The molecule has 1 aromatic carbocycles. The molecule has 0 spiro atoms. The number of anilines is 1. The molecule has 0 unspecified atom stereocenters. The zero-order valence-electron chi connectivity index (χ0n) is 22.0. The van der Waals surface area contributed by atoms with Gasteiger partial charge in [-0.1, -0.05) is 26.3 Å². The summed E-state index contributed by atoms with van der Waals surface area (Å²) in [6, 6.07) is 7.30. The molecule has 3 aromatic rings. The van der Waals surface area contributed by atoms with E-state index in [4.69, 9.17) is 0 Å². The fraction of sp³-hybridized carbons (Fsp3) is 0.517. The lowest BCUT2D eigenvalue weighted by Gasteiger charge is -2.56. The Morgan fingerprint density at radius 2 is 1.89 bits per heavy atom. The molecule has 4 atom stereocenters. The van der Waals surface area contributed by atoms with E-state index in [1.54, 1.807) is 18.3 Å². The van der Waals surface area contributed by atoms with Gasteiger partial charge in [-0.15, -0.1) is 10.2 Å². The van der Waals surface area contributed by atoms with Gasteiger partial charge in [0.2, 0.25) is 0 Å². The Hall–Kier alpha value is -3.36. The number of alkyl halides is 1. The SMILES string of the molecule is Cn1c(F)cc(-c2ccc(-c3ncc(N(C4CC4)[C@H]4C[C@]5(C)CCC[C@@](C)(C5)[C@H]4F)nn3)c(O)c2)cc1=O. The molecule has 0 radical (unpaired) electrons. The van der Waals surface area contributed by atoms with E-state index in [9.17, 15) is 14.3 Å². The number of nitrogens with zero attached hydrogens (tertiary/aromatic N) is 5. The highest BCUT2D eigenvalue weighted by Gasteiger charge is 2.56. The summed E-state index contributed by atoms with van der Waals surface area (Å²) in [7, 11) is 1.36. The molecule has 3 saturated carbocycles. The molecule has 38 heavy (non-hydrogen) atoms. The minimum atomic E-state index is -0.936. The Balaban J connectivity index is 1.28. The van der Waals surface area contributed by atoms with E-state index in [1.807, 2.05) is 0 Å². The number of hydrogen-bond donors (Lipinski definition) is 1. The van der Waals surface area contributed by atoms with Gasteiger partial charge in [0.15, 0.2) is 17.6 Å². The number of aromatic nitrogens is 4. The highest BCUT2D eigenvalue weighted by atomic mass is 19.1. The summed E-state index contributed by atoms with van der Waals surface area (Å²) in [5.41, 5.74) is 0.558. The third-order valence-corrected chi connectivity index (χ3v) is 8.95. The molecule has 200 valence electrons. The summed E-state index contributed by atoms with van der Waals surface area (Å²) in [6.07, 6.45) is 7.57. The van der Waals surface area contributed by atoms with Crippen molar-refractivity contribution in [3.05, 3.63) is 52.8 Å². The third kappa shape index (κ3) is 4.25. The molecule has 0 aliphatic heterocycles. The molecule has 0 amide bonds. The highest BCUT2D eigenvalue weighted by molar-refractivity contribution is 5.72. The molecule has 2 bridgehead atoms. The predicted molar refractivity (Wildman–Crippen MR) is 141 cm³/mol. The summed E-state index contributed by atoms with van der Waals surface area (Å²) in [4.78, 5) is 18.6. The van der Waals surface area contributed by atoms with Crippen LogP contribution in [0.2, 0.25) is 0 Å². The Morgan fingerprint density at radius 3 is 2.55 bits per heavy atom. The molecule has 0 saturated heterocycles. The maximum absolute atomic E-state index is 16.1. The monoisotopic (exact) mass is 521 g/mol. The number of benzene rings is 1. The Kier molecular flexibility index (Phi) is 5.81.